The molecule has 1 amide bonds. The highest BCUT2D eigenvalue weighted by Gasteiger charge is 2.52. The number of carbonyl (C=O) groups is 1. The number of nitrogens with one attached hydrogen (secondary N) is 1. The third kappa shape index (κ3) is 2.89. The summed E-state index contributed by atoms with van der Waals surface area (Å²) in [4.78, 5) is 14.5. The maximum absolute atomic E-state index is 12.4. The number of hydrogen-bond donors (Lipinski definition) is 1. The molecule has 104 valence electrons. The number of amides is 1. The largest absolute Gasteiger partial charge is 0.496 e. The van der Waals surface area contributed by atoms with Gasteiger partial charge in [0, 0.05) is 18.7 Å². The second-order valence-electron chi connectivity index (χ2n) is 5.34. The standard InChI is InChI=1S/C15H22N2O2/c1-17(2)11-10-16-14(18)15(8-9-15)12-6-4-5-7-13(12)19-3/h4-7H,8-11H2,1-3H3,(H,16,18). The van der Waals surface area contributed by atoms with E-state index in [4.69, 9.17) is 4.74 Å². The molecule has 1 saturated carbocycles. The number of ether oxygens (including phenoxy) is 1. The van der Waals surface area contributed by atoms with E-state index in [-0.39, 0.29) is 11.3 Å². The third-order valence-electron chi connectivity index (χ3n) is 3.65. The third-order valence-corrected chi connectivity index (χ3v) is 3.65. The first-order valence-electron chi connectivity index (χ1n) is 6.67. The summed E-state index contributed by atoms with van der Waals surface area (Å²) in [7, 11) is 5.65. The van der Waals surface area contributed by atoms with Crippen LogP contribution in [-0.4, -0.2) is 45.1 Å². The fraction of sp³-hybridized carbons (Fsp3) is 0.533. The van der Waals surface area contributed by atoms with Crippen LogP contribution in [0.4, 0.5) is 0 Å². The minimum absolute atomic E-state index is 0.124. The molecule has 0 bridgehead atoms. The molecule has 0 aliphatic heterocycles. The van der Waals surface area contributed by atoms with Crippen molar-refractivity contribution in [2.45, 2.75) is 18.3 Å². The van der Waals surface area contributed by atoms with Crippen molar-refractivity contribution in [1.82, 2.24) is 10.2 Å². The van der Waals surface area contributed by atoms with Crippen LogP contribution in [0, 0.1) is 0 Å². The fourth-order valence-electron chi connectivity index (χ4n) is 2.35. The molecular formula is C15H22N2O2. The average molecular weight is 262 g/mol. The Morgan fingerprint density at radius 1 is 1.37 bits per heavy atom. The highest BCUT2D eigenvalue weighted by atomic mass is 16.5. The van der Waals surface area contributed by atoms with E-state index in [1.807, 2.05) is 38.4 Å². The lowest BCUT2D eigenvalue weighted by Gasteiger charge is -2.19. The van der Waals surface area contributed by atoms with E-state index in [0.717, 1.165) is 30.7 Å². The van der Waals surface area contributed by atoms with Gasteiger partial charge in [-0.3, -0.25) is 4.79 Å². The van der Waals surface area contributed by atoms with Crippen molar-refractivity contribution in [3.8, 4) is 5.75 Å². The summed E-state index contributed by atoms with van der Waals surface area (Å²) >= 11 is 0. The molecule has 2 rings (SSSR count). The van der Waals surface area contributed by atoms with E-state index in [9.17, 15) is 4.79 Å². The van der Waals surface area contributed by atoms with Gasteiger partial charge in [0.05, 0.1) is 12.5 Å². The molecule has 1 aliphatic rings. The van der Waals surface area contributed by atoms with Crippen LogP contribution in [0.25, 0.3) is 0 Å². The molecule has 0 heterocycles. The van der Waals surface area contributed by atoms with Gasteiger partial charge >= 0.3 is 0 Å². The smallest absolute Gasteiger partial charge is 0.230 e. The molecule has 1 aliphatic carbocycles. The molecule has 1 aromatic rings. The predicted molar refractivity (Wildman–Crippen MR) is 75.5 cm³/mol. The van der Waals surface area contributed by atoms with Gasteiger partial charge in [0.2, 0.25) is 5.91 Å². The lowest BCUT2D eigenvalue weighted by molar-refractivity contribution is -0.123. The van der Waals surface area contributed by atoms with Crippen molar-refractivity contribution in [3.63, 3.8) is 0 Å². The number of rotatable bonds is 6. The highest BCUT2D eigenvalue weighted by molar-refractivity contribution is 5.92. The Morgan fingerprint density at radius 3 is 2.63 bits per heavy atom. The topological polar surface area (TPSA) is 41.6 Å². The molecule has 1 aromatic carbocycles. The summed E-state index contributed by atoms with van der Waals surface area (Å²) in [6, 6.07) is 7.81. The minimum Gasteiger partial charge on any atom is -0.496 e. The second-order valence-corrected chi connectivity index (χ2v) is 5.34. The minimum atomic E-state index is -0.362. The zero-order valence-electron chi connectivity index (χ0n) is 11.9. The van der Waals surface area contributed by atoms with Gasteiger partial charge in [-0.15, -0.1) is 0 Å². The Balaban J connectivity index is 2.08. The number of hydrogen-bond acceptors (Lipinski definition) is 3. The quantitative estimate of drug-likeness (QED) is 0.842. The van der Waals surface area contributed by atoms with Crippen LogP contribution in [0.1, 0.15) is 18.4 Å². The van der Waals surface area contributed by atoms with Crippen molar-refractivity contribution in [2.24, 2.45) is 0 Å². The Morgan fingerprint density at radius 2 is 2.05 bits per heavy atom. The van der Waals surface area contributed by atoms with Crippen molar-refractivity contribution < 1.29 is 9.53 Å². The van der Waals surface area contributed by atoms with Crippen LogP contribution in [-0.2, 0) is 10.2 Å². The maximum Gasteiger partial charge on any atom is 0.230 e. The number of benzene rings is 1. The van der Waals surface area contributed by atoms with E-state index in [0.29, 0.717) is 6.54 Å². The molecule has 1 fully saturated rings. The Labute approximate surface area is 114 Å². The van der Waals surface area contributed by atoms with E-state index in [1.165, 1.54) is 0 Å². The zero-order chi connectivity index (χ0) is 13.9. The first kappa shape index (κ1) is 13.9. The Kier molecular flexibility index (Phi) is 4.10. The first-order chi connectivity index (χ1) is 9.10. The number of para-hydroxylation sites is 1. The van der Waals surface area contributed by atoms with Gasteiger partial charge in [-0.1, -0.05) is 18.2 Å². The lowest BCUT2D eigenvalue weighted by atomic mass is 9.94. The van der Waals surface area contributed by atoms with Gasteiger partial charge in [0.1, 0.15) is 5.75 Å². The Hall–Kier alpha value is -1.55. The van der Waals surface area contributed by atoms with Crippen molar-refractivity contribution in [3.05, 3.63) is 29.8 Å². The van der Waals surface area contributed by atoms with Crippen LogP contribution in [0.2, 0.25) is 0 Å². The van der Waals surface area contributed by atoms with Crippen LogP contribution in [0.15, 0.2) is 24.3 Å². The Bertz CT molecular complexity index is 453. The van der Waals surface area contributed by atoms with Crippen molar-refractivity contribution in [1.29, 1.82) is 0 Å². The van der Waals surface area contributed by atoms with E-state index in [2.05, 4.69) is 10.2 Å². The first-order valence-corrected chi connectivity index (χ1v) is 6.67. The molecule has 1 N–H and O–H groups in total. The molecule has 0 radical (unpaired) electrons. The predicted octanol–water partition coefficient (Wildman–Crippen LogP) is 1.40. The van der Waals surface area contributed by atoms with Crippen molar-refractivity contribution in [2.75, 3.05) is 34.3 Å². The van der Waals surface area contributed by atoms with Gasteiger partial charge < -0.3 is 15.0 Å². The van der Waals surface area contributed by atoms with E-state index in [1.54, 1.807) is 7.11 Å². The number of likely N-dealkylation sites (N-methyl/N-ethyl adjacent to an activating group) is 1. The monoisotopic (exact) mass is 262 g/mol. The summed E-state index contributed by atoms with van der Waals surface area (Å²) in [6.45, 7) is 1.54. The lowest BCUT2D eigenvalue weighted by Crippen LogP contribution is -2.38. The second kappa shape index (κ2) is 5.61. The molecule has 19 heavy (non-hydrogen) atoms. The summed E-state index contributed by atoms with van der Waals surface area (Å²) in [5, 5.41) is 3.03. The zero-order valence-corrected chi connectivity index (χ0v) is 11.9. The molecule has 4 nitrogen and oxygen atoms in total. The number of methoxy groups -OCH3 is 1. The van der Waals surface area contributed by atoms with E-state index < -0.39 is 0 Å². The molecule has 0 aromatic heterocycles. The molecule has 0 saturated heterocycles. The highest BCUT2D eigenvalue weighted by Crippen LogP contribution is 2.51. The van der Waals surface area contributed by atoms with Crippen LogP contribution < -0.4 is 10.1 Å². The summed E-state index contributed by atoms with van der Waals surface area (Å²) in [5.74, 6) is 0.932. The van der Waals surface area contributed by atoms with Gasteiger partial charge in [-0.05, 0) is 33.0 Å². The fourth-order valence-corrected chi connectivity index (χ4v) is 2.35. The van der Waals surface area contributed by atoms with Gasteiger partial charge in [0.25, 0.3) is 0 Å². The molecule has 0 unspecified atom stereocenters. The normalized spacial score (nSPS) is 16.2. The van der Waals surface area contributed by atoms with Gasteiger partial charge in [-0.25, -0.2) is 0 Å². The summed E-state index contributed by atoms with van der Waals surface area (Å²) in [6.07, 6.45) is 1.81. The summed E-state index contributed by atoms with van der Waals surface area (Å²) in [5.41, 5.74) is 0.652. The number of carbonyl (C=O) groups excluding carboxylic acids is 1. The summed E-state index contributed by atoms with van der Waals surface area (Å²) < 4.78 is 5.38. The molecule has 4 heteroatoms. The van der Waals surface area contributed by atoms with Gasteiger partial charge in [0.15, 0.2) is 0 Å². The van der Waals surface area contributed by atoms with Crippen molar-refractivity contribution >= 4 is 5.91 Å². The SMILES string of the molecule is COc1ccccc1C1(C(=O)NCCN(C)C)CC1. The van der Waals surface area contributed by atoms with Crippen LogP contribution >= 0.6 is 0 Å². The molecule has 0 spiro atoms. The van der Waals surface area contributed by atoms with Crippen LogP contribution in [0.3, 0.4) is 0 Å². The molecular weight excluding hydrogens is 240 g/mol. The molecule has 0 atom stereocenters. The maximum atomic E-state index is 12.4. The van der Waals surface area contributed by atoms with E-state index >= 15 is 0 Å². The number of nitrogens with zero attached hydrogens (tertiary/aromatic N) is 1. The average Bonchev–Trinajstić information content (AvgIpc) is 3.19. The van der Waals surface area contributed by atoms with Crippen LogP contribution in [0.5, 0.6) is 5.75 Å². The van der Waals surface area contributed by atoms with Gasteiger partial charge in [-0.2, -0.15) is 0 Å².